The van der Waals surface area contributed by atoms with Gasteiger partial charge in [0.1, 0.15) is 12.1 Å². The van der Waals surface area contributed by atoms with Gasteiger partial charge in [-0.25, -0.2) is 4.79 Å². The summed E-state index contributed by atoms with van der Waals surface area (Å²) in [6.07, 6.45) is 53.0. The fourth-order valence-corrected chi connectivity index (χ4v) is 6.33. The Morgan fingerprint density at radius 3 is 1.58 bits per heavy atom. The lowest BCUT2D eigenvalue weighted by molar-refractivity contribution is -0.147. The predicted molar refractivity (Wildman–Crippen MR) is 234 cm³/mol. The van der Waals surface area contributed by atoms with Gasteiger partial charge in [-0.3, -0.25) is 9.59 Å². The highest BCUT2D eigenvalue weighted by molar-refractivity contribution is 5.83. The molecular weight excluding hydrogens is 685 g/mol. The van der Waals surface area contributed by atoms with Gasteiger partial charge in [0.15, 0.2) is 0 Å². The lowest BCUT2D eigenvalue weighted by Gasteiger charge is -2.15. The van der Waals surface area contributed by atoms with Crippen molar-refractivity contribution >= 4 is 17.8 Å². The Bertz CT molecular complexity index is 1050. The Balaban J connectivity index is 4.14. The van der Waals surface area contributed by atoms with Crippen molar-refractivity contribution in [3.8, 4) is 0 Å². The first-order valence-electron chi connectivity index (χ1n) is 22.6. The quantitative estimate of drug-likeness (QED) is 0.0324. The first-order chi connectivity index (χ1) is 26.9. The van der Waals surface area contributed by atoms with Gasteiger partial charge in [-0.2, -0.15) is 0 Å². The highest BCUT2D eigenvalue weighted by atomic mass is 16.5. The summed E-state index contributed by atoms with van der Waals surface area (Å²) >= 11 is 0. The third-order valence-corrected chi connectivity index (χ3v) is 9.79. The maximum absolute atomic E-state index is 12.7. The van der Waals surface area contributed by atoms with Gasteiger partial charge in [-0.1, -0.05) is 158 Å². The third kappa shape index (κ3) is 39.1. The summed E-state index contributed by atoms with van der Waals surface area (Å²) in [6.45, 7) is 4.86. The van der Waals surface area contributed by atoms with E-state index in [0.29, 0.717) is 38.6 Å². The molecule has 0 aromatic rings. The number of rotatable bonds is 40. The zero-order valence-electron chi connectivity index (χ0n) is 35.5. The normalized spacial score (nSPS) is 13.2. The minimum atomic E-state index is -1.02. The SMILES string of the molecule is CCCC/C=C\C/C=C\C(CCCCCCC(=O)NC(CCCN)C(=O)O)OC(=O)CCCCCCCCCC/C=C\C/C=C\C/C=C\CCCCCCC. The maximum Gasteiger partial charge on any atom is 0.326 e. The average molecular weight is 769 g/mol. The minimum Gasteiger partial charge on any atom is -0.480 e. The molecule has 0 aliphatic rings. The van der Waals surface area contributed by atoms with Crippen molar-refractivity contribution in [2.45, 2.75) is 219 Å². The van der Waals surface area contributed by atoms with E-state index in [1.807, 2.05) is 6.08 Å². The number of carboxylic acids is 1. The van der Waals surface area contributed by atoms with Crippen LogP contribution < -0.4 is 11.1 Å². The molecule has 0 spiro atoms. The number of nitrogens with one attached hydrogen (secondary N) is 1. The summed E-state index contributed by atoms with van der Waals surface area (Å²) in [5.41, 5.74) is 5.48. The molecule has 7 heteroatoms. The van der Waals surface area contributed by atoms with Crippen LogP contribution in [0.2, 0.25) is 0 Å². The van der Waals surface area contributed by atoms with Crippen molar-refractivity contribution in [3.05, 3.63) is 60.8 Å². The number of allylic oxidation sites excluding steroid dienone is 9. The van der Waals surface area contributed by atoms with Gasteiger partial charge >= 0.3 is 11.9 Å². The molecule has 0 aromatic heterocycles. The smallest absolute Gasteiger partial charge is 0.326 e. The van der Waals surface area contributed by atoms with Crippen LogP contribution in [0.4, 0.5) is 0 Å². The number of hydrogen-bond acceptors (Lipinski definition) is 5. The topological polar surface area (TPSA) is 119 Å². The second-order valence-electron chi connectivity index (χ2n) is 15.1. The molecule has 2 atom stereocenters. The first-order valence-corrected chi connectivity index (χ1v) is 22.6. The Hall–Kier alpha value is -2.93. The van der Waals surface area contributed by atoms with Crippen LogP contribution in [0.3, 0.4) is 0 Å². The monoisotopic (exact) mass is 769 g/mol. The number of carbonyl (C=O) groups excluding carboxylic acids is 2. The van der Waals surface area contributed by atoms with Gasteiger partial charge in [0, 0.05) is 12.8 Å². The average Bonchev–Trinajstić information content (AvgIpc) is 3.17. The maximum atomic E-state index is 12.7. The van der Waals surface area contributed by atoms with Gasteiger partial charge in [0.25, 0.3) is 0 Å². The van der Waals surface area contributed by atoms with Gasteiger partial charge in [0.05, 0.1) is 0 Å². The molecule has 316 valence electrons. The number of amides is 1. The third-order valence-electron chi connectivity index (χ3n) is 9.79. The second-order valence-corrected chi connectivity index (χ2v) is 15.1. The molecule has 2 unspecified atom stereocenters. The summed E-state index contributed by atoms with van der Waals surface area (Å²) in [5, 5.41) is 11.9. The van der Waals surface area contributed by atoms with E-state index >= 15 is 0 Å². The number of hydrogen-bond donors (Lipinski definition) is 3. The van der Waals surface area contributed by atoms with Crippen LogP contribution in [0.5, 0.6) is 0 Å². The molecule has 4 N–H and O–H groups in total. The van der Waals surface area contributed by atoms with Crippen molar-refractivity contribution < 1.29 is 24.2 Å². The number of carbonyl (C=O) groups is 3. The summed E-state index contributed by atoms with van der Waals surface area (Å²) in [7, 11) is 0. The molecule has 0 fully saturated rings. The van der Waals surface area contributed by atoms with Gasteiger partial charge in [-0.15, -0.1) is 0 Å². The van der Waals surface area contributed by atoms with Gasteiger partial charge in [-0.05, 0) is 103 Å². The van der Waals surface area contributed by atoms with E-state index < -0.39 is 12.0 Å². The van der Waals surface area contributed by atoms with Crippen molar-refractivity contribution in [2.75, 3.05) is 6.54 Å². The van der Waals surface area contributed by atoms with Crippen LogP contribution in [0.1, 0.15) is 206 Å². The minimum absolute atomic E-state index is 0.115. The molecule has 0 saturated heterocycles. The molecule has 7 nitrogen and oxygen atoms in total. The Kier molecular flexibility index (Phi) is 40.0. The van der Waals surface area contributed by atoms with Crippen molar-refractivity contribution in [1.82, 2.24) is 5.32 Å². The van der Waals surface area contributed by atoms with E-state index in [0.717, 1.165) is 64.2 Å². The molecule has 0 heterocycles. The van der Waals surface area contributed by atoms with Crippen LogP contribution in [-0.2, 0) is 19.1 Å². The number of unbranched alkanes of at least 4 members (excludes halogenated alkanes) is 18. The van der Waals surface area contributed by atoms with E-state index in [1.54, 1.807) is 0 Å². The fourth-order valence-electron chi connectivity index (χ4n) is 6.33. The summed E-state index contributed by atoms with van der Waals surface area (Å²) < 4.78 is 5.90. The largest absolute Gasteiger partial charge is 0.480 e. The Labute approximate surface area is 338 Å². The van der Waals surface area contributed by atoms with Crippen LogP contribution in [0.15, 0.2) is 60.8 Å². The summed E-state index contributed by atoms with van der Waals surface area (Å²) in [4.78, 5) is 36.3. The molecule has 1 amide bonds. The lowest BCUT2D eigenvalue weighted by Crippen LogP contribution is -2.40. The van der Waals surface area contributed by atoms with Crippen LogP contribution in [0, 0.1) is 0 Å². The van der Waals surface area contributed by atoms with E-state index in [9.17, 15) is 19.5 Å². The highest BCUT2D eigenvalue weighted by Gasteiger charge is 2.19. The molecule has 0 rings (SSSR count). The molecule has 0 radical (unpaired) electrons. The molecule has 0 bridgehead atoms. The highest BCUT2D eigenvalue weighted by Crippen LogP contribution is 2.15. The molecule has 0 aliphatic carbocycles. The summed E-state index contributed by atoms with van der Waals surface area (Å²) in [6, 6.07) is -0.877. The summed E-state index contributed by atoms with van der Waals surface area (Å²) in [5.74, 6) is -1.36. The van der Waals surface area contributed by atoms with Crippen molar-refractivity contribution in [1.29, 1.82) is 0 Å². The number of aliphatic carboxylic acids is 1. The molecular formula is C48H84N2O5. The van der Waals surface area contributed by atoms with E-state index in [2.05, 4.69) is 73.8 Å². The first kappa shape index (κ1) is 52.1. The molecule has 0 aliphatic heterocycles. The number of ether oxygens (including phenoxy) is 1. The zero-order chi connectivity index (χ0) is 40.3. The second kappa shape index (κ2) is 42.2. The Morgan fingerprint density at radius 2 is 1.02 bits per heavy atom. The number of esters is 1. The van der Waals surface area contributed by atoms with Crippen LogP contribution in [-0.4, -0.2) is 41.6 Å². The zero-order valence-corrected chi connectivity index (χ0v) is 35.5. The van der Waals surface area contributed by atoms with Crippen molar-refractivity contribution in [3.63, 3.8) is 0 Å². The lowest BCUT2D eigenvalue weighted by atomic mass is 10.1. The molecule has 0 aromatic carbocycles. The van der Waals surface area contributed by atoms with Crippen LogP contribution >= 0.6 is 0 Å². The standard InChI is InChI=1S/C48H84N2O5/c1-3-5-7-9-11-12-13-14-15-16-17-18-19-20-21-22-23-24-25-26-28-30-36-42-47(52)55-44(38-33-29-27-10-8-6-4-2)39-34-31-32-35-41-46(51)50-45(48(53)54)40-37-43-49/h10,13-14,16-17,19-20,27,33,38,44-45H,3-9,11-12,15,18,21-26,28-32,34-37,39-43,49H2,1-2H3,(H,50,51)(H,53,54)/b14-13-,17-16-,20-19-,27-10-,38-33-. The molecule has 55 heavy (non-hydrogen) atoms. The van der Waals surface area contributed by atoms with E-state index in [1.165, 1.54) is 96.3 Å². The van der Waals surface area contributed by atoms with Crippen molar-refractivity contribution in [2.24, 2.45) is 5.73 Å². The Morgan fingerprint density at radius 1 is 0.545 bits per heavy atom. The van der Waals surface area contributed by atoms with Gasteiger partial charge < -0.3 is 20.9 Å². The fraction of sp³-hybridized carbons (Fsp3) is 0.729. The predicted octanol–water partition coefficient (Wildman–Crippen LogP) is 13.0. The number of nitrogens with two attached hydrogens (primary N) is 1. The molecule has 0 saturated carbocycles. The van der Waals surface area contributed by atoms with Gasteiger partial charge in [0.2, 0.25) is 5.91 Å². The van der Waals surface area contributed by atoms with E-state index in [4.69, 9.17) is 10.5 Å². The number of carboxylic acid groups (broad SMARTS) is 1. The van der Waals surface area contributed by atoms with Crippen LogP contribution in [0.25, 0.3) is 0 Å². The van der Waals surface area contributed by atoms with E-state index in [-0.39, 0.29) is 18.0 Å².